The lowest BCUT2D eigenvalue weighted by atomic mass is 9.99. The molecule has 0 bridgehead atoms. The van der Waals surface area contributed by atoms with Gasteiger partial charge in [0.25, 0.3) is 5.91 Å². The SMILES string of the molecule is COC(=O)[C@H](CNC(=O)c1cccn1C)c1ccc(F)cc1. The maximum absolute atomic E-state index is 13.0. The van der Waals surface area contributed by atoms with Crippen LogP contribution in [0.3, 0.4) is 0 Å². The number of methoxy groups -OCH3 is 1. The first-order valence-electron chi connectivity index (χ1n) is 6.75. The van der Waals surface area contributed by atoms with E-state index >= 15 is 0 Å². The molecule has 0 unspecified atom stereocenters. The summed E-state index contributed by atoms with van der Waals surface area (Å²) in [6, 6.07) is 8.98. The van der Waals surface area contributed by atoms with Gasteiger partial charge in [0.05, 0.1) is 13.0 Å². The molecule has 1 heterocycles. The number of aryl methyl sites for hydroxylation is 1. The molecule has 0 spiro atoms. The average Bonchev–Trinajstić information content (AvgIpc) is 2.94. The predicted molar refractivity (Wildman–Crippen MR) is 78.9 cm³/mol. The molecule has 1 amide bonds. The zero-order valence-corrected chi connectivity index (χ0v) is 12.4. The Balaban J connectivity index is 2.11. The largest absolute Gasteiger partial charge is 0.468 e. The minimum Gasteiger partial charge on any atom is -0.468 e. The third-order valence-corrected chi connectivity index (χ3v) is 3.40. The third-order valence-electron chi connectivity index (χ3n) is 3.40. The molecule has 2 rings (SSSR count). The Labute approximate surface area is 127 Å². The van der Waals surface area contributed by atoms with Gasteiger partial charge in [-0.25, -0.2) is 4.39 Å². The van der Waals surface area contributed by atoms with E-state index in [1.807, 2.05) is 0 Å². The molecule has 0 aliphatic carbocycles. The van der Waals surface area contributed by atoms with Crippen molar-refractivity contribution < 1.29 is 18.7 Å². The van der Waals surface area contributed by atoms with Gasteiger partial charge in [0.15, 0.2) is 0 Å². The molecule has 0 aliphatic heterocycles. The molecule has 6 heteroatoms. The van der Waals surface area contributed by atoms with Crippen LogP contribution in [0.5, 0.6) is 0 Å². The molecule has 2 aromatic rings. The number of rotatable bonds is 5. The summed E-state index contributed by atoms with van der Waals surface area (Å²) in [6.07, 6.45) is 1.76. The maximum atomic E-state index is 13.0. The van der Waals surface area contributed by atoms with E-state index in [-0.39, 0.29) is 18.3 Å². The van der Waals surface area contributed by atoms with Gasteiger partial charge < -0.3 is 14.6 Å². The number of carbonyl (C=O) groups is 2. The standard InChI is InChI=1S/C16H17FN2O3/c1-19-9-3-4-14(19)15(20)18-10-13(16(21)22-2)11-5-7-12(17)8-6-11/h3-9,13H,10H2,1-2H3,(H,18,20)/t13-/m1/s1. The summed E-state index contributed by atoms with van der Waals surface area (Å²) < 4.78 is 19.4. The van der Waals surface area contributed by atoms with Crippen LogP contribution in [0.2, 0.25) is 0 Å². The summed E-state index contributed by atoms with van der Waals surface area (Å²) in [7, 11) is 3.03. The Kier molecular flexibility index (Phi) is 4.93. The Hall–Kier alpha value is -2.63. The van der Waals surface area contributed by atoms with E-state index in [0.717, 1.165) is 0 Å². The van der Waals surface area contributed by atoms with Gasteiger partial charge in [-0.2, -0.15) is 0 Å². The molecule has 1 atom stereocenters. The van der Waals surface area contributed by atoms with Gasteiger partial charge >= 0.3 is 5.97 Å². The van der Waals surface area contributed by atoms with E-state index in [1.54, 1.807) is 29.9 Å². The van der Waals surface area contributed by atoms with Crippen LogP contribution in [0.15, 0.2) is 42.6 Å². The summed E-state index contributed by atoms with van der Waals surface area (Å²) in [5.41, 5.74) is 1.07. The number of halogens is 1. The highest BCUT2D eigenvalue weighted by atomic mass is 19.1. The summed E-state index contributed by atoms with van der Waals surface area (Å²) in [4.78, 5) is 24.0. The van der Waals surface area contributed by atoms with E-state index < -0.39 is 11.9 Å². The Morgan fingerprint density at radius 1 is 1.27 bits per heavy atom. The van der Waals surface area contributed by atoms with Gasteiger partial charge in [-0.1, -0.05) is 12.1 Å². The monoisotopic (exact) mass is 304 g/mol. The zero-order chi connectivity index (χ0) is 16.1. The predicted octanol–water partition coefficient (Wildman–Crippen LogP) is 1.85. The number of amides is 1. The number of hydrogen-bond donors (Lipinski definition) is 1. The highest BCUT2D eigenvalue weighted by molar-refractivity contribution is 5.93. The molecule has 1 aromatic carbocycles. The Bertz CT molecular complexity index is 664. The minimum absolute atomic E-state index is 0.0717. The van der Waals surface area contributed by atoms with Crippen LogP contribution in [-0.4, -0.2) is 30.1 Å². The summed E-state index contributed by atoms with van der Waals surface area (Å²) in [5, 5.41) is 2.70. The van der Waals surface area contributed by atoms with Crippen LogP contribution >= 0.6 is 0 Å². The van der Waals surface area contributed by atoms with E-state index in [2.05, 4.69) is 5.32 Å². The quantitative estimate of drug-likeness (QED) is 0.858. The van der Waals surface area contributed by atoms with Crippen molar-refractivity contribution in [3.05, 3.63) is 59.7 Å². The first-order valence-corrected chi connectivity index (χ1v) is 6.75. The number of nitrogens with zero attached hydrogens (tertiary/aromatic N) is 1. The van der Waals surface area contributed by atoms with Crippen molar-refractivity contribution in [2.45, 2.75) is 5.92 Å². The van der Waals surface area contributed by atoms with Crippen molar-refractivity contribution >= 4 is 11.9 Å². The van der Waals surface area contributed by atoms with Crippen LogP contribution in [0.4, 0.5) is 4.39 Å². The minimum atomic E-state index is -0.685. The van der Waals surface area contributed by atoms with Gasteiger partial charge in [-0.3, -0.25) is 9.59 Å². The van der Waals surface area contributed by atoms with E-state index in [1.165, 1.54) is 31.4 Å². The van der Waals surface area contributed by atoms with Gasteiger partial charge in [0.2, 0.25) is 0 Å². The molecular weight excluding hydrogens is 287 g/mol. The number of hydrogen-bond acceptors (Lipinski definition) is 3. The van der Waals surface area contributed by atoms with Crippen molar-refractivity contribution in [3.63, 3.8) is 0 Å². The lowest BCUT2D eigenvalue weighted by molar-refractivity contribution is -0.142. The van der Waals surface area contributed by atoms with Crippen LogP contribution in [0.1, 0.15) is 22.0 Å². The summed E-state index contributed by atoms with van der Waals surface area (Å²) >= 11 is 0. The first kappa shape index (κ1) is 15.8. The van der Waals surface area contributed by atoms with Gasteiger partial charge in [-0.05, 0) is 29.8 Å². The summed E-state index contributed by atoms with van der Waals surface area (Å²) in [6.45, 7) is 0.0717. The molecule has 22 heavy (non-hydrogen) atoms. The van der Waals surface area contributed by atoms with Crippen LogP contribution in [0, 0.1) is 5.82 Å². The topological polar surface area (TPSA) is 60.3 Å². The molecule has 1 aromatic heterocycles. The van der Waals surface area contributed by atoms with Crippen molar-refractivity contribution in [1.29, 1.82) is 0 Å². The molecule has 1 N–H and O–H groups in total. The van der Waals surface area contributed by atoms with Gasteiger partial charge in [-0.15, -0.1) is 0 Å². The number of benzene rings is 1. The number of esters is 1. The second-order valence-corrected chi connectivity index (χ2v) is 4.84. The lowest BCUT2D eigenvalue weighted by Crippen LogP contribution is -2.33. The lowest BCUT2D eigenvalue weighted by Gasteiger charge is -2.16. The number of carbonyl (C=O) groups excluding carboxylic acids is 2. The van der Waals surface area contributed by atoms with Crippen LogP contribution < -0.4 is 5.32 Å². The number of nitrogens with one attached hydrogen (secondary N) is 1. The van der Waals surface area contributed by atoms with Crippen LogP contribution in [-0.2, 0) is 16.6 Å². The molecule has 0 saturated carbocycles. The smallest absolute Gasteiger partial charge is 0.314 e. The summed E-state index contributed by atoms with van der Waals surface area (Å²) in [5.74, 6) is -1.85. The second-order valence-electron chi connectivity index (χ2n) is 4.84. The molecule has 0 aliphatic rings. The van der Waals surface area contributed by atoms with E-state index in [9.17, 15) is 14.0 Å². The molecule has 0 saturated heterocycles. The van der Waals surface area contributed by atoms with Crippen molar-refractivity contribution in [1.82, 2.24) is 9.88 Å². The second kappa shape index (κ2) is 6.89. The first-order chi connectivity index (χ1) is 10.5. The van der Waals surface area contributed by atoms with Gasteiger partial charge in [0, 0.05) is 19.8 Å². The number of ether oxygens (including phenoxy) is 1. The highest BCUT2D eigenvalue weighted by Gasteiger charge is 2.23. The number of aromatic nitrogens is 1. The normalized spacial score (nSPS) is 11.8. The Morgan fingerprint density at radius 3 is 2.50 bits per heavy atom. The molecular formula is C16H17FN2O3. The molecule has 116 valence electrons. The van der Waals surface area contributed by atoms with E-state index in [0.29, 0.717) is 11.3 Å². The zero-order valence-electron chi connectivity index (χ0n) is 12.4. The fourth-order valence-electron chi connectivity index (χ4n) is 2.16. The van der Waals surface area contributed by atoms with Crippen molar-refractivity contribution in [2.75, 3.05) is 13.7 Å². The Morgan fingerprint density at radius 2 is 1.95 bits per heavy atom. The average molecular weight is 304 g/mol. The van der Waals surface area contributed by atoms with Crippen molar-refractivity contribution in [2.24, 2.45) is 7.05 Å². The van der Waals surface area contributed by atoms with E-state index in [4.69, 9.17) is 4.74 Å². The molecule has 0 radical (unpaired) electrons. The third kappa shape index (κ3) is 3.52. The molecule has 0 fully saturated rings. The maximum Gasteiger partial charge on any atom is 0.314 e. The fourth-order valence-corrected chi connectivity index (χ4v) is 2.16. The fraction of sp³-hybridized carbons (Fsp3) is 0.250. The van der Waals surface area contributed by atoms with Crippen molar-refractivity contribution in [3.8, 4) is 0 Å². The molecule has 5 nitrogen and oxygen atoms in total. The van der Waals surface area contributed by atoms with Crippen LogP contribution in [0.25, 0.3) is 0 Å². The van der Waals surface area contributed by atoms with Gasteiger partial charge in [0.1, 0.15) is 11.5 Å². The highest BCUT2D eigenvalue weighted by Crippen LogP contribution is 2.17.